The van der Waals surface area contributed by atoms with Gasteiger partial charge in [0, 0.05) is 0 Å². The quantitative estimate of drug-likeness (QED) is 0.672. The van der Waals surface area contributed by atoms with Crippen molar-refractivity contribution >= 4 is 5.69 Å². The highest BCUT2D eigenvalue weighted by Crippen LogP contribution is 2.35. The van der Waals surface area contributed by atoms with E-state index in [4.69, 9.17) is 10.3 Å². The summed E-state index contributed by atoms with van der Waals surface area (Å²) in [4.78, 5) is 14.7. The molecule has 1 aliphatic carbocycles. The van der Waals surface area contributed by atoms with E-state index in [9.17, 15) is 10.1 Å². The minimum absolute atomic E-state index is 0.0844. The lowest BCUT2D eigenvalue weighted by Crippen LogP contribution is -2.35. The molecule has 0 aliphatic heterocycles. The summed E-state index contributed by atoms with van der Waals surface area (Å²) in [5, 5.41) is 18.8. The van der Waals surface area contributed by atoms with E-state index < -0.39 is 16.0 Å². The highest BCUT2D eigenvalue weighted by Gasteiger charge is 2.39. The van der Waals surface area contributed by atoms with Gasteiger partial charge in [-0.3, -0.25) is 14.8 Å². The Kier molecular flexibility index (Phi) is 3.24. The Hall–Kier alpha value is -2.29. The van der Waals surface area contributed by atoms with Crippen LogP contribution < -0.4 is 5.73 Å². The SMILES string of the molecule is CC(C)(c1nc(C2(N)CCCC2)no1)n1cc([N+](=O)[O-])cn1. The first-order valence-corrected chi connectivity index (χ1v) is 7.16. The average molecular weight is 306 g/mol. The Bertz CT molecular complexity index is 698. The van der Waals surface area contributed by atoms with Gasteiger partial charge < -0.3 is 10.3 Å². The minimum atomic E-state index is -0.797. The van der Waals surface area contributed by atoms with Crippen LogP contribution in [0.3, 0.4) is 0 Å². The topological polar surface area (TPSA) is 126 Å². The molecule has 0 aromatic carbocycles. The third kappa shape index (κ3) is 2.27. The Morgan fingerprint density at radius 3 is 2.73 bits per heavy atom. The van der Waals surface area contributed by atoms with Crippen LogP contribution in [0.1, 0.15) is 51.2 Å². The second-order valence-electron chi connectivity index (χ2n) is 6.25. The van der Waals surface area contributed by atoms with E-state index in [2.05, 4.69) is 15.2 Å². The van der Waals surface area contributed by atoms with Crippen LogP contribution >= 0.6 is 0 Å². The average Bonchev–Trinajstić information content (AvgIpc) is 3.19. The fraction of sp³-hybridized carbons (Fsp3) is 0.615. The summed E-state index contributed by atoms with van der Waals surface area (Å²) in [6, 6.07) is 0. The summed E-state index contributed by atoms with van der Waals surface area (Å²) in [6.07, 6.45) is 6.31. The molecule has 1 fully saturated rings. The molecule has 2 N–H and O–H groups in total. The number of nitrogens with zero attached hydrogens (tertiary/aromatic N) is 5. The molecule has 2 heterocycles. The van der Waals surface area contributed by atoms with Gasteiger partial charge in [-0.15, -0.1) is 0 Å². The fourth-order valence-corrected chi connectivity index (χ4v) is 2.72. The normalized spacial score (nSPS) is 17.8. The molecule has 0 amide bonds. The van der Waals surface area contributed by atoms with Gasteiger partial charge in [0.05, 0.1) is 10.5 Å². The first-order chi connectivity index (χ1) is 10.3. The lowest BCUT2D eigenvalue weighted by molar-refractivity contribution is -0.385. The molecule has 1 aliphatic rings. The first kappa shape index (κ1) is 14.6. The maximum absolute atomic E-state index is 10.8. The van der Waals surface area contributed by atoms with Crippen molar-refractivity contribution in [3.63, 3.8) is 0 Å². The molecule has 118 valence electrons. The van der Waals surface area contributed by atoms with Crippen LogP contribution in [-0.2, 0) is 11.1 Å². The molecule has 0 atom stereocenters. The van der Waals surface area contributed by atoms with Crippen molar-refractivity contribution < 1.29 is 9.45 Å². The molecule has 1 saturated carbocycles. The van der Waals surface area contributed by atoms with Gasteiger partial charge in [0.2, 0.25) is 0 Å². The molecule has 3 rings (SSSR count). The van der Waals surface area contributed by atoms with Crippen LogP contribution in [-0.4, -0.2) is 24.8 Å². The third-order valence-corrected chi connectivity index (χ3v) is 4.24. The van der Waals surface area contributed by atoms with Crippen molar-refractivity contribution in [3.8, 4) is 0 Å². The van der Waals surface area contributed by atoms with Gasteiger partial charge in [-0.1, -0.05) is 18.0 Å². The molecule has 2 aromatic rings. The monoisotopic (exact) mass is 306 g/mol. The standard InChI is InChI=1S/C13H18N6O3/c1-12(2,18-8-9(7-15-18)19(20)21)11-16-10(17-22-11)13(14)5-3-4-6-13/h7-8H,3-6,14H2,1-2H3. The third-order valence-electron chi connectivity index (χ3n) is 4.24. The van der Waals surface area contributed by atoms with Gasteiger partial charge in [0.15, 0.2) is 5.82 Å². The van der Waals surface area contributed by atoms with Crippen LogP contribution in [0.25, 0.3) is 0 Å². The van der Waals surface area contributed by atoms with Crippen molar-refractivity contribution in [2.75, 3.05) is 0 Å². The minimum Gasteiger partial charge on any atom is -0.337 e. The maximum Gasteiger partial charge on any atom is 0.307 e. The lowest BCUT2D eigenvalue weighted by Gasteiger charge is -2.21. The fourth-order valence-electron chi connectivity index (χ4n) is 2.72. The molecule has 22 heavy (non-hydrogen) atoms. The molecular weight excluding hydrogens is 288 g/mol. The van der Waals surface area contributed by atoms with Gasteiger partial charge in [0.1, 0.15) is 17.9 Å². The van der Waals surface area contributed by atoms with Crippen molar-refractivity contribution in [2.45, 2.75) is 50.6 Å². The second kappa shape index (κ2) is 4.87. The summed E-state index contributed by atoms with van der Waals surface area (Å²) >= 11 is 0. The van der Waals surface area contributed by atoms with Crippen LogP contribution in [0.2, 0.25) is 0 Å². The van der Waals surface area contributed by atoms with Crippen LogP contribution in [0, 0.1) is 10.1 Å². The summed E-state index contributed by atoms with van der Waals surface area (Å²) < 4.78 is 6.80. The zero-order chi connectivity index (χ0) is 16.0. The molecule has 0 spiro atoms. The van der Waals surface area contributed by atoms with Crippen LogP contribution in [0.15, 0.2) is 16.9 Å². The molecular formula is C13H18N6O3. The van der Waals surface area contributed by atoms with Gasteiger partial charge in [0.25, 0.3) is 5.89 Å². The number of nitro groups is 1. The zero-order valence-electron chi connectivity index (χ0n) is 12.5. The smallest absolute Gasteiger partial charge is 0.307 e. The Balaban J connectivity index is 1.92. The van der Waals surface area contributed by atoms with Crippen molar-refractivity contribution in [3.05, 3.63) is 34.2 Å². The Morgan fingerprint density at radius 2 is 2.14 bits per heavy atom. The van der Waals surface area contributed by atoms with Gasteiger partial charge in [-0.05, 0) is 26.7 Å². The number of hydrogen-bond donors (Lipinski definition) is 1. The van der Waals surface area contributed by atoms with E-state index in [0.717, 1.165) is 25.7 Å². The van der Waals surface area contributed by atoms with E-state index in [1.54, 1.807) is 13.8 Å². The molecule has 0 radical (unpaired) electrons. The van der Waals surface area contributed by atoms with Crippen molar-refractivity contribution in [1.82, 2.24) is 19.9 Å². The predicted molar refractivity (Wildman–Crippen MR) is 75.9 cm³/mol. The first-order valence-electron chi connectivity index (χ1n) is 7.16. The lowest BCUT2D eigenvalue weighted by atomic mass is 9.98. The van der Waals surface area contributed by atoms with Gasteiger partial charge in [-0.2, -0.15) is 10.1 Å². The van der Waals surface area contributed by atoms with Gasteiger partial charge >= 0.3 is 5.69 Å². The molecule has 0 saturated heterocycles. The molecule has 9 nitrogen and oxygen atoms in total. The summed E-state index contributed by atoms with van der Waals surface area (Å²) in [7, 11) is 0. The van der Waals surface area contributed by atoms with Gasteiger partial charge in [-0.25, -0.2) is 0 Å². The Morgan fingerprint density at radius 1 is 1.45 bits per heavy atom. The Labute approximate surface area is 126 Å². The second-order valence-corrected chi connectivity index (χ2v) is 6.25. The maximum atomic E-state index is 10.8. The van der Waals surface area contributed by atoms with Crippen molar-refractivity contribution in [2.24, 2.45) is 5.73 Å². The highest BCUT2D eigenvalue weighted by atomic mass is 16.6. The highest BCUT2D eigenvalue weighted by molar-refractivity contribution is 5.23. The van der Waals surface area contributed by atoms with E-state index in [-0.39, 0.29) is 5.69 Å². The number of nitrogens with two attached hydrogens (primary N) is 1. The predicted octanol–water partition coefficient (Wildman–Crippen LogP) is 1.69. The number of hydrogen-bond acceptors (Lipinski definition) is 7. The molecule has 0 unspecified atom stereocenters. The summed E-state index contributed by atoms with van der Waals surface area (Å²) in [6.45, 7) is 3.61. The van der Waals surface area contributed by atoms with E-state index >= 15 is 0 Å². The summed E-state index contributed by atoms with van der Waals surface area (Å²) in [5.41, 5.74) is 4.91. The molecule has 2 aromatic heterocycles. The van der Waals surface area contributed by atoms with E-state index in [1.165, 1.54) is 17.1 Å². The van der Waals surface area contributed by atoms with Crippen molar-refractivity contribution in [1.29, 1.82) is 0 Å². The number of aromatic nitrogens is 4. The van der Waals surface area contributed by atoms with Crippen LogP contribution in [0.5, 0.6) is 0 Å². The largest absolute Gasteiger partial charge is 0.337 e. The van der Waals surface area contributed by atoms with E-state index in [0.29, 0.717) is 11.7 Å². The molecule has 0 bridgehead atoms. The number of rotatable bonds is 4. The molecule has 9 heteroatoms. The zero-order valence-corrected chi connectivity index (χ0v) is 12.5. The van der Waals surface area contributed by atoms with E-state index in [1.807, 2.05) is 0 Å². The van der Waals surface area contributed by atoms with Crippen LogP contribution in [0.4, 0.5) is 5.69 Å². The summed E-state index contributed by atoms with van der Waals surface area (Å²) in [5.74, 6) is 0.826.